The Morgan fingerprint density at radius 1 is 1.38 bits per heavy atom. The molecule has 21 heavy (non-hydrogen) atoms. The minimum absolute atomic E-state index is 0.201. The standard InChI is InChI=1S/C15H23N3O3/c19-15(20)7-3-4-10-21-17-14(13-5-1-2-6-13)11-18-9-8-16-12-18/h8-9,12,17H,1-7,10-11H2,(H,19,20). The Morgan fingerprint density at radius 3 is 2.86 bits per heavy atom. The van der Waals surface area contributed by atoms with Gasteiger partial charge in [0.25, 0.3) is 0 Å². The molecule has 0 saturated heterocycles. The van der Waals surface area contributed by atoms with E-state index in [2.05, 4.69) is 10.5 Å². The zero-order chi connectivity index (χ0) is 14.9. The minimum Gasteiger partial charge on any atom is -0.481 e. The van der Waals surface area contributed by atoms with Crippen LogP contribution in [0.25, 0.3) is 0 Å². The summed E-state index contributed by atoms with van der Waals surface area (Å²) >= 11 is 0. The first-order valence-corrected chi connectivity index (χ1v) is 7.52. The summed E-state index contributed by atoms with van der Waals surface area (Å²) in [5.41, 5.74) is 5.61. The van der Waals surface area contributed by atoms with E-state index in [0.29, 0.717) is 13.0 Å². The zero-order valence-electron chi connectivity index (χ0n) is 12.3. The average molecular weight is 293 g/mol. The maximum absolute atomic E-state index is 10.4. The van der Waals surface area contributed by atoms with Crippen molar-refractivity contribution in [1.29, 1.82) is 0 Å². The molecule has 2 N–H and O–H groups in total. The highest BCUT2D eigenvalue weighted by Crippen LogP contribution is 2.26. The number of nitrogens with zero attached hydrogens (tertiary/aromatic N) is 2. The highest BCUT2D eigenvalue weighted by atomic mass is 16.6. The molecule has 0 bridgehead atoms. The summed E-state index contributed by atoms with van der Waals surface area (Å²) in [7, 11) is 0. The molecule has 0 aliphatic heterocycles. The Kier molecular flexibility index (Phi) is 6.27. The summed E-state index contributed by atoms with van der Waals surface area (Å²) in [5.74, 6) is -0.753. The highest BCUT2D eigenvalue weighted by Gasteiger charge is 2.13. The molecule has 1 saturated carbocycles. The minimum atomic E-state index is -0.753. The Morgan fingerprint density at radius 2 is 2.19 bits per heavy atom. The topological polar surface area (TPSA) is 76.4 Å². The van der Waals surface area contributed by atoms with Gasteiger partial charge in [0.05, 0.1) is 25.2 Å². The van der Waals surface area contributed by atoms with E-state index < -0.39 is 5.97 Å². The van der Waals surface area contributed by atoms with Gasteiger partial charge in [-0.1, -0.05) is 0 Å². The molecule has 1 aliphatic rings. The molecule has 0 amide bonds. The Labute approximate surface area is 124 Å². The van der Waals surface area contributed by atoms with E-state index in [1.165, 1.54) is 18.4 Å². The van der Waals surface area contributed by atoms with E-state index in [9.17, 15) is 4.79 Å². The second kappa shape index (κ2) is 8.46. The molecule has 1 fully saturated rings. The van der Waals surface area contributed by atoms with Gasteiger partial charge in [0.1, 0.15) is 0 Å². The summed E-state index contributed by atoms with van der Waals surface area (Å²) in [6.07, 6.45) is 11.8. The lowest BCUT2D eigenvalue weighted by molar-refractivity contribution is -0.137. The average Bonchev–Trinajstić information content (AvgIpc) is 3.13. The molecular weight excluding hydrogens is 270 g/mol. The lowest BCUT2D eigenvalue weighted by Gasteiger charge is -2.15. The van der Waals surface area contributed by atoms with Crippen molar-refractivity contribution in [2.24, 2.45) is 0 Å². The number of hydrogen-bond acceptors (Lipinski definition) is 4. The highest BCUT2D eigenvalue weighted by molar-refractivity contribution is 5.66. The maximum atomic E-state index is 10.4. The Bertz CT molecular complexity index is 461. The molecule has 1 heterocycles. The van der Waals surface area contributed by atoms with Crippen molar-refractivity contribution < 1.29 is 14.7 Å². The molecule has 6 nitrogen and oxygen atoms in total. The molecule has 1 aliphatic carbocycles. The van der Waals surface area contributed by atoms with Gasteiger partial charge in [0.2, 0.25) is 0 Å². The van der Waals surface area contributed by atoms with E-state index in [4.69, 9.17) is 9.94 Å². The van der Waals surface area contributed by atoms with Gasteiger partial charge < -0.3 is 9.67 Å². The quantitative estimate of drug-likeness (QED) is 0.540. The van der Waals surface area contributed by atoms with Crippen LogP contribution in [0.5, 0.6) is 0 Å². The van der Waals surface area contributed by atoms with Crippen LogP contribution in [0.1, 0.15) is 44.9 Å². The number of nitrogens with one attached hydrogen (secondary N) is 1. The molecule has 1 aromatic heterocycles. The number of unbranched alkanes of at least 4 members (excludes halogenated alkanes) is 1. The largest absolute Gasteiger partial charge is 0.481 e. The molecule has 1 aromatic rings. The fourth-order valence-electron chi connectivity index (χ4n) is 2.47. The predicted octanol–water partition coefficient (Wildman–Crippen LogP) is 2.49. The third-order valence-corrected chi connectivity index (χ3v) is 3.62. The van der Waals surface area contributed by atoms with Crippen LogP contribution in [0.3, 0.4) is 0 Å². The summed E-state index contributed by atoms with van der Waals surface area (Å²) in [4.78, 5) is 20.0. The van der Waals surface area contributed by atoms with Crippen LogP contribution in [0.4, 0.5) is 0 Å². The van der Waals surface area contributed by atoms with Crippen molar-refractivity contribution in [3.8, 4) is 0 Å². The number of aliphatic carboxylic acids is 1. The van der Waals surface area contributed by atoms with Gasteiger partial charge >= 0.3 is 5.97 Å². The van der Waals surface area contributed by atoms with Crippen LogP contribution in [0.15, 0.2) is 30.0 Å². The Hall–Kier alpha value is -1.82. The number of carboxylic acids is 1. The molecule has 116 valence electrons. The van der Waals surface area contributed by atoms with Crippen molar-refractivity contribution in [1.82, 2.24) is 15.0 Å². The number of carbonyl (C=O) groups is 1. The van der Waals surface area contributed by atoms with Crippen molar-refractivity contribution in [2.75, 3.05) is 6.61 Å². The second-order valence-electron chi connectivity index (χ2n) is 5.33. The fraction of sp³-hybridized carbons (Fsp3) is 0.600. The van der Waals surface area contributed by atoms with Gasteiger partial charge in [-0.05, 0) is 44.1 Å². The molecule has 6 heteroatoms. The van der Waals surface area contributed by atoms with Crippen LogP contribution in [-0.4, -0.2) is 27.2 Å². The summed E-state index contributed by atoms with van der Waals surface area (Å²) in [6, 6.07) is 0. The molecule has 0 unspecified atom stereocenters. The van der Waals surface area contributed by atoms with Gasteiger partial charge in [0, 0.05) is 18.8 Å². The first-order valence-electron chi connectivity index (χ1n) is 7.52. The SMILES string of the molecule is O=C(O)CCCCONC(Cn1ccnc1)=C1CCCC1. The molecule has 0 atom stereocenters. The lowest BCUT2D eigenvalue weighted by atomic mass is 10.2. The lowest BCUT2D eigenvalue weighted by Crippen LogP contribution is -2.20. The van der Waals surface area contributed by atoms with Crippen molar-refractivity contribution in [2.45, 2.75) is 51.5 Å². The number of carboxylic acid groups (broad SMARTS) is 1. The smallest absolute Gasteiger partial charge is 0.303 e. The van der Waals surface area contributed by atoms with E-state index in [1.54, 1.807) is 12.5 Å². The second-order valence-corrected chi connectivity index (χ2v) is 5.33. The molecular formula is C15H23N3O3. The van der Waals surface area contributed by atoms with E-state index in [0.717, 1.165) is 31.5 Å². The van der Waals surface area contributed by atoms with Gasteiger partial charge in [0.15, 0.2) is 0 Å². The van der Waals surface area contributed by atoms with E-state index in [-0.39, 0.29) is 6.42 Å². The predicted molar refractivity (Wildman–Crippen MR) is 78.3 cm³/mol. The van der Waals surface area contributed by atoms with Crippen molar-refractivity contribution in [3.63, 3.8) is 0 Å². The molecule has 2 rings (SSSR count). The normalized spacial score (nSPS) is 14.4. The first-order chi connectivity index (χ1) is 10.3. The first kappa shape index (κ1) is 15.6. The fourth-order valence-corrected chi connectivity index (χ4v) is 2.47. The third kappa shape index (κ3) is 5.59. The maximum Gasteiger partial charge on any atom is 0.303 e. The molecule has 0 aromatic carbocycles. The number of aromatic nitrogens is 2. The van der Waals surface area contributed by atoms with Gasteiger partial charge in [-0.15, -0.1) is 0 Å². The van der Waals surface area contributed by atoms with Gasteiger partial charge in [-0.3, -0.25) is 15.1 Å². The van der Waals surface area contributed by atoms with Crippen LogP contribution in [0, 0.1) is 0 Å². The van der Waals surface area contributed by atoms with Gasteiger partial charge in [-0.25, -0.2) is 4.98 Å². The van der Waals surface area contributed by atoms with Crippen molar-refractivity contribution in [3.05, 3.63) is 30.0 Å². The summed E-state index contributed by atoms with van der Waals surface area (Å²) in [5, 5.41) is 8.57. The van der Waals surface area contributed by atoms with Crippen LogP contribution in [0.2, 0.25) is 0 Å². The Balaban J connectivity index is 1.77. The van der Waals surface area contributed by atoms with Crippen LogP contribution < -0.4 is 5.48 Å². The summed E-state index contributed by atoms with van der Waals surface area (Å²) in [6.45, 7) is 1.26. The number of hydroxylamine groups is 1. The third-order valence-electron chi connectivity index (χ3n) is 3.62. The van der Waals surface area contributed by atoms with Crippen molar-refractivity contribution >= 4 is 5.97 Å². The zero-order valence-corrected chi connectivity index (χ0v) is 12.3. The monoisotopic (exact) mass is 293 g/mol. The summed E-state index contributed by atoms with van der Waals surface area (Å²) < 4.78 is 2.02. The number of allylic oxidation sites excluding steroid dienone is 2. The van der Waals surface area contributed by atoms with Crippen LogP contribution >= 0.6 is 0 Å². The number of rotatable bonds is 9. The molecule has 0 spiro atoms. The van der Waals surface area contributed by atoms with E-state index >= 15 is 0 Å². The number of hydrogen-bond donors (Lipinski definition) is 2. The number of imidazole rings is 1. The van der Waals surface area contributed by atoms with Gasteiger partial charge in [-0.2, -0.15) is 0 Å². The van der Waals surface area contributed by atoms with Crippen LogP contribution in [-0.2, 0) is 16.2 Å². The molecule has 0 radical (unpaired) electrons. The van der Waals surface area contributed by atoms with E-state index in [1.807, 2.05) is 10.8 Å².